The van der Waals surface area contributed by atoms with E-state index in [2.05, 4.69) is 26.6 Å². The molecule has 0 saturated carbocycles. The lowest BCUT2D eigenvalue weighted by Gasteiger charge is -2.16. The molecule has 2 aromatic carbocycles. The number of nitrogens with one attached hydrogen (secondary N) is 2. The molecule has 5 nitrogen and oxygen atoms in total. The monoisotopic (exact) mass is 418 g/mol. The fraction of sp³-hybridized carbons (Fsp3) is 0.300. The average Bonchev–Trinajstić information content (AvgIpc) is 2.55. The molecular formula is C20H23BrN2O3. The van der Waals surface area contributed by atoms with E-state index in [1.165, 1.54) is 0 Å². The minimum absolute atomic E-state index is 0.00220. The van der Waals surface area contributed by atoms with Crippen molar-refractivity contribution < 1.29 is 14.3 Å². The van der Waals surface area contributed by atoms with Gasteiger partial charge < -0.3 is 15.4 Å². The first-order chi connectivity index (χ1) is 12.3. The largest absolute Gasteiger partial charge is 0.490 e. The second-order valence-electron chi connectivity index (χ2n) is 6.43. The Morgan fingerprint density at radius 1 is 0.962 bits per heavy atom. The summed E-state index contributed by atoms with van der Waals surface area (Å²) in [5.74, 6) is -0.0830. The van der Waals surface area contributed by atoms with Gasteiger partial charge in [0.25, 0.3) is 11.8 Å². The lowest BCUT2D eigenvalue weighted by molar-refractivity contribution is 0.0944. The fourth-order valence-corrected chi connectivity index (χ4v) is 2.72. The minimum atomic E-state index is -0.341. The van der Waals surface area contributed by atoms with Crippen molar-refractivity contribution in [3.63, 3.8) is 0 Å². The standard InChI is InChI=1S/C20H23BrN2O3/c1-12(2)22-19(24)15-7-5-6-8-17(15)23-20(25)16-11-14(21)9-10-18(16)26-13(3)4/h5-13H,1-4H3,(H,22,24)(H,23,25). The van der Waals surface area contributed by atoms with Gasteiger partial charge >= 0.3 is 0 Å². The molecule has 2 N–H and O–H groups in total. The molecule has 26 heavy (non-hydrogen) atoms. The number of halogens is 1. The third kappa shape index (κ3) is 5.33. The average molecular weight is 419 g/mol. The summed E-state index contributed by atoms with van der Waals surface area (Å²) < 4.78 is 6.50. The molecule has 0 heterocycles. The first kappa shape index (κ1) is 20.0. The number of para-hydroxylation sites is 1. The van der Waals surface area contributed by atoms with Gasteiger partial charge in [-0.05, 0) is 58.0 Å². The Kier molecular flexibility index (Phi) is 6.80. The molecule has 2 amide bonds. The van der Waals surface area contributed by atoms with E-state index in [-0.39, 0.29) is 24.0 Å². The third-order valence-electron chi connectivity index (χ3n) is 3.39. The first-order valence-corrected chi connectivity index (χ1v) is 9.24. The molecule has 0 aromatic heterocycles. The highest BCUT2D eigenvalue weighted by Crippen LogP contribution is 2.26. The molecule has 0 aliphatic carbocycles. The van der Waals surface area contributed by atoms with Crippen molar-refractivity contribution in [2.75, 3.05) is 5.32 Å². The van der Waals surface area contributed by atoms with Crippen LogP contribution in [0.2, 0.25) is 0 Å². The van der Waals surface area contributed by atoms with Gasteiger partial charge in [0.05, 0.1) is 22.9 Å². The van der Waals surface area contributed by atoms with E-state index >= 15 is 0 Å². The maximum atomic E-state index is 12.8. The van der Waals surface area contributed by atoms with E-state index in [0.29, 0.717) is 22.6 Å². The SMILES string of the molecule is CC(C)NC(=O)c1ccccc1NC(=O)c1cc(Br)ccc1OC(C)C. The maximum absolute atomic E-state index is 12.8. The van der Waals surface area contributed by atoms with E-state index in [1.54, 1.807) is 36.4 Å². The molecule has 6 heteroatoms. The number of hydrogen-bond donors (Lipinski definition) is 2. The Hall–Kier alpha value is -2.34. The molecule has 0 aliphatic rings. The van der Waals surface area contributed by atoms with Gasteiger partial charge in [-0.2, -0.15) is 0 Å². The molecule has 0 aliphatic heterocycles. The molecule has 0 saturated heterocycles. The minimum Gasteiger partial charge on any atom is -0.490 e. The van der Waals surface area contributed by atoms with Crippen molar-refractivity contribution in [1.29, 1.82) is 0 Å². The lowest BCUT2D eigenvalue weighted by Crippen LogP contribution is -2.31. The molecule has 0 atom stereocenters. The van der Waals surface area contributed by atoms with Gasteiger partial charge in [0.2, 0.25) is 0 Å². The molecule has 2 rings (SSSR count). The normalized spacial score (nSPS) is 10.7. The Balaban J connectivity index is 2.31. The van der Waals surface area contributed by atoms with Crippen LogP contribution in [0, 0.1) is 0 Å². The van der Waals surface area contributed by atoms with Crippen LogP contribution in [0.4, 0.5) is 5.69 Å². The molecule has 2 aromatic rings. The van der Waals surface area contributed by atoms with Crippen LogP contribution in [0.1, 0.15) is 48.4 Å². The van der Waals surface area contributed by atoms with Crippen LogP contribution in [-0.2, 0) is 0 Å². The zero-order valence-electron chi connectivity index (χ0n) is 15.3. The predicted molar refractivity (Wildman–Crippen MR) is 107 cm³/mol. The highest BCUT2D eigenvalue weighted by atomic mass is 79.9. The van der Waals surface area contributed by atoms with Gasteiger partial charge in [0.15, 0.2) is 0 Å². The van der Waals surface area contributed by atoms with Crippen LogP contribution in [0.25, 0.3) is 0 Å². The van der Waals surface area contributed by atoms with Crippen molar-refractivity contribution in [3.8, 4) is 5.75 Å². The Morgan fingerprint density at radius 3 is 2.31 bits per heavy atom. The van der Waals surface area contributed by atoms with E-state index in [1.807, 2.05) is 33.8 Å². The summed E-state index contributed by atoms with van der Waals surface area (Å²) in [5.41, 5.74) is 1.26. The van der Waals surface area contributed by atoms with Crippen molar-refractivity contribution in [1.82, 2.24) is 5.32 Å². The summed E-state index contributed by atoms with van der Waals surface area (Å²) in [7, 11) is 0. The Labute approximate surface area is 162 Å². The maximum Gasteiger partial charge on any atom is 0.259 e. The summed E-state index contributed by atoms with van der Waals surface area (Å²) in [6.07, 6.45) is -0.0631. The summed E-state index contributed by atoms with van der Waals surface area (Å²) in [5, 5.41) is 5.66. The molecule has 138 valence electrons. The zero-order valence-corrected chi connectivity index (χ0v) is 16.9. The van der Waals surface area contributed by atoms with Crippen molar-refractivity contribution in [3.05, 3.63) is 58.1 Å². The van der Waals surface area contributed by atoms with E-state index in [9.17, 15) is 9.59 Å². The van der Waals surface area contributed by atoms with Crippen LogP contribution in [-0.4, -0.2) is 24.0 Å². The van der Waals surface area contributed by atoms with Gasteiger partial charge in [0, 0.05) is 10.5 Å². The zero-order chi connectivity index (χ0) is 19.3. The van der Waals surface area contributed by atoms with Crippen molar-refractivity contribution in [2.45, 2.75) is 39.8 Å². The van der Waals surface area contributed by atoms with Crippen LogP contribution in [0.5, 0.6) is 5.75 Å². The third-order valence-corrected chi connectivity index (χ3v) is 3.88. The number of rotatable bonds is 6. The summed E-state index contributed by atoms with van der Waals surface area (Å²) in [6.45, 7) is 7.57. The number of carbonyl (C=O) groups excluding carboxylic acids is 2. The lowest BCUT2D eigenvalue weighted by atomic mass is 10.1. The smallest absolute Gasteiger partial charge is 0.259 e. The number of carbonyl (C=O) groups is 2. The predicted octanol–water partition coefficient (Wildman–Crippen LogP) is 4.63. The van der Waals surface area contributed by atoms with E-state index in [4.69, 9.17) is 4.74 Å². The molecule has 0 radical (unpaired) electrons. The Bertz CT molecular complexity index is 803. The van der Waals surface area contributed by atoms with Gasteiger partial charge in [-0.25, -0.2) is 0 Å². The van der Waals surface area contributed by atoms with Crippen LogP contribution in [0.3, 0.4) is 0 Å². The number of ether oxygens (including phenoxy) is 1. The molecule has 0 bridgehead atoms. The van der Waals surface area contributed by atoms with Gasteiger partial charge in [-0.3, -0.25) is 9.59 Å². The summed E-state index contributed by atoms with van der Waals surface area (Å²) >= 11 is 3.38. The highest BCUT2D eigenvalue weighted by Gasteiger charge is 2.18. The van der Waals surface area contributed by atoms with E-state index in [0.717, 1.165) is 4.47 Å². The topological polar surface area (TPSA) is 67.4 Å². The number of hydrogen-bond acceptors (Lipinski definition) is 3. The van der Waals surface area contributed by atoms with Gasteiger partial charge in [-0.1, -0.05) is 28.1 Å². The number of amides is 2. The molecule has 0 spiro atoms. The Morgan fingerprint density at radius 2 is 1.65 bits per heavy atom. The first-order valence-electron chi connectivity index (χ1n) is 8.45. The van der Waals surface area contributed by atoms with Crippen molar-refractivity contribution in [2.24, 2.45) is 0 Å². The van der Waals surface area contributed by atoms with Crippen molar-refractivity contribution >= 4 is 33.4 Å². The molecule has 0 unspecified atom stereocenters. The highest BCUT2D eigenvalue weighted by molar-refractivity contribution is 9.10. The van der Waals surface area contributed by atoms with E-state index < -0.39 is 0 Å². The number of anilines is 1. The molecule has 0 fully saturated rings. The van der Waals surface area contributed by atoms with Gasteiger partial charge in [-0.15, -0.1) is 0 Å². The second-order valence-corrected chi connectivity index (χ2v) is 7.35. The van der Waals surface area contributed by atoms with Crippen LogP contribution < -0.4 is 15.4 Å². The summed E-state index contributed by atoms with van der Waals surface area (Å²) in [6, 6.07) is 12.2. The quantitative estimate of drug-likeness (QED) is 0.718. The fourth-order valence-electron chi connectivity index (χ4n) is 2.36. The van der Waals surface area contributed by atoms with Crippen LogP contribution >= 0.6 is 15.9 Å². The second kappa shape index (κ2) is 8.85. The number of benzene rings is 2. The summed E-state index contributed by atoms with van der Waals surface area (Å²) in [4.78, 5) is 25.2. The van der Waals surface area contributed by atoms with Crippen LogP contribution in [0.15, 0.2) is 46.9 Å². The molecular weight excluding hydrogens is 396 g/mol. The van der Waals surface area contributed by atoms with Gasteiger partial charge in [0.1, 0.15) is 5.75 Å².